The summed E-state index contributed by atoms with van der Waals surface area (Å²) in [6.07, 6.45) is 1.99. The molecule has 0 radical (unpaired) electrons. The average Bonchev–Trinajstić information content (AvgIpc) is 3.61. The number of ketones is 1. The number of fused-ring (bicyclic) bond motifs is 1. The fourth-order valence-electron chi connectivity index (χ4n) is 4.32. The van der Waals surface area contributed by atoms with Crippen LogP contribution in [0, 0.1) is 0 Å². The van der Waals surface area contributed by atoms with Crippen LogP contribution in [0.4, 0.5) is 0 Å². The number of aryl methyl sites for hydroxylation is 1. The van der Waals surface area contributed by atoms with Crippen LogP contribution in [-0.4, -0.2) is 31.1 Å². The molecule has 0 spiro atoms. The second-order valence-corrected chi connectivity index (χ2v) is 11.2. The molecule has 6 nitrogen and oxygen atoms in total. The SMILES string of the molecule is O=C(CCc1cccc(OCc2cccs2)c1)[C@@H]1CCCN1S(=O)(=O)c1cc2ccccc2o1. The van der Waals surface area contributed by atoms with Gasteiger partial charge in [0.05, 0.1) is 6.04 Å². The van der Waals surface area contributed by atoms with Gasteiger partial charge in [0.25, 0.3) is 10.0 Å². The van der Waals surface area contributed by atoms with Crippen molar-refractivity contribution in [3.63, 3.8) is 0 Å². The monoisotopic (exact) mass is 495 g/mol. The third-order valence-corrected chi connectivity index (χ3v) is 8.68. The molecular weight excluding hydrogens is 470 g/mol. The van der Waals surface area contributed by atoms with Gasteiger partial charge in [-0.1, -0.05) is 36.4 Å². The van der Waals surface area contributed by atoms with Gasteiger partial charge < -0.3 is 9.15 Å². The molecule has 1 aliphatic rings. The van der Waals surface area contributed by atoms with E-state index in [2.05, 4.69) is 0 Å². The second kappa shape index (κ2) is 9.74. The number of furan rings is 1. The molecule has 1 aliphatic heterocycles. The van der Waals surface area contributed by atoms with E-state index in [1.165, 1.54) is 10.4 Å². The summed E-state index contributed by atoms with van der Waals surface area (Å²) in [6, 6.07) is 19.8. The molecule has 176 valence electrons. The van der Waals surface area contributed by atoms with Crippen LogP contribution >= 0.6 is 11.3 Å². The Balaban J connectivity index is 1.24. The van der Waals surface area contributed by atoms with Crippen LogP contribution < -0.4 is 4.74 Å². The van der Waals surface area contributed by atoms with Crippen molar-refractivity contribution in [2.75, 3.05) is 6.54 Å². The minimum atomic E-state index is -3.89. The molecule has 0 aliphatic carbocycles. The molecule has 2 aromatic carbocycles. The number of nitrogens with zero attached hydrogens (tertiary/aromatic N) is 1. The highest BCUT2D eigenvalue weighted by Crippen LogP contribution is 2.31. The Morgan fingerprint density at radius 2 is 1.97 bits per heavy atom. The minimum Gasteiger partial charge on any atom is -0.488 e. The molecule has 2 aromatic heterocycles. The molecule has 0 saturated carbocycles. The lowest BCUT2D eigenvalue weighted by molar-refractivity contribution is -0.122. The Morgan fingerprint density at radius 3 is 2.79 bits per heavy atom. The van der Waals surface area contributed by atoms with Crippen molar-refractivity contribution in [3.05, 3.63) is 82.6 Å². The van der Waals surface area contributed by atoms with E-state index in [0.29, 0.717) is 38.0 Å². The lowest BCUT2D eigenvalue weighted by Crippen LogP contribution is -2.40. The molecule has 0 N–H and O–H groups in total. The Kier molecular flexibility index (Phi) is 6.54. The summed E-state index contributed by atoms with van der Waals surface area (Å²) in [5, 5.41) is 2.63. The molecular formula is C26H25NO5S2. The molecule has 8 heteroatoms. The van der Waals surface area contributed by atoms with Crippen LogP contribution in [0.15, 0.2) is 81.6 Å². The zero-order valence-electron chi connectivity index (χ0n) is 18.6. The van der Waals surface area contributed by atoms with E-state index in [1.807, 2.05) is 53.9 Å². The van der Waals surface area contributed by atoms with Gasteiger partial charge in [-0.15, -0.1) is 11.3 Å². The molecule has 0 amide bonds. The highest BCUT2D eigenvalue weighted by Gasteiger charge is 2.40. The van der Waals surface area contributed by atoms with Crippen molar-refractivity contribution >= 4 is 38.1 Å². The van der Waals surface area contributed by atoms with Gasteiger partial charge in [0, 0.05) is 29.3 Å². The maximum atomic E-state index is 13.3. The number of para-hydroxylation sites is 1. The average molecular weight is 496 g/mol. The number of rotatable bonds is 9. The molecule has 1 atom stereocenters. The molecule has 4 aromatic rings. The number of hydrogen-bond acceptors (Lipinski definition) is 6. The van der Waals surface area contributed by atoms with Crippen LogP contribution in [0.5, 0.6) is 5.75 Å². The first-order valence-corrected chi connectivity index (χ1v) is 13.6. The number of carbonyl (C=O) groups excluding carboxylic acids is 1. The summed E-state index contributed by atoms with van der Waals surface area (Å²) in [4.78, 5) is 14.2. The summed E-state index contributed by atoms with van der Waals surface area (Å²) < 4.78 is 39.3. The number of thiophene rings is 1. The standard InChI is InChI=1S/C26H25NO5S2/c28-24(13-12-19-6-3-8-21(16-19)31-18-22-9-5-15-33-22)23-10-4-14-27(23)34(29,30)26-17-20-7-1-2-11-25(20)32-26/h1-3,5-9,11,15-17,23H,4,10,12-14,18H2/t23-/m0/s1. The quantitative estimate of drug-likeness (QED) is 0.310. The fourth-order valence-corrected chi connectivity index (χ4v) is 6.57. The smallest absolute Gasteiger partial charge is 0.277 e. The van der Waals surface area contributed by atoms with Crippen molar-refractivity contribution in [2.45, 2.75) is 43.4 Å². The molecule has 5 rings (SSSR count). The highest BCUT2D eigenvalue weighted by molar-refractivity contribution is 7.89. The third kappa shape index (κ3) is 4.80. The van der Waals surface area contributed by atoms with Gasteiger partial charge in [0.15, 0.2) is 5.78 Å². The van der Waals surface area contributed by atoms with Gasteiger partial charge in [-0.25, -0.2) is 8.42 Å². The first-order chi connectivity index (χ1) is 16.5. The van der Waals surface area contributed by atoms with E-state index in [0.717, 1.165) is 21.6 Å². The van der Waals surface area contributed by atoms with E-state index in [-0.39, 0.29) is 17.3 Å². The van der Waals surface area contributed by atoms with E-state index < -0.39 is 16.1 Å². The van der Waals surface area contributed by atoms with Crippen LogP contribution in [0.2, 0.25) is 0 Å². The van der Waals surface area contributed by atoms with Crippen LogP contribution in [0.25, 0.3) is 11.0 Å². The number of sulfonamides is 1. The molecule has 3 heterocycles. The van der Waals surface area contributed by atoms with Gasteiger partial charge in [-0.2, -0.15) is 4.31 Å². The number of hydrogen-bond donors (Lipinski definition) is 0. The summed E-state index contributed by atoms with van der Waals surface area (Å²) in [6.45, 7) is 0.832. The summed E-state index contributed by atoms with van der Waals surface area (Å²) >= 11 is 1.65. The second-order valence-electron chi connectivity index (χ2n) is 8.36. The zero-order valence-corrected chi connectivity index (χ0v) is 20.2. The van der Waals surface area contributed by atoms with Gasteiger partial charge >= 0.3 is 0 Å². The van der Waals surface area contributed by atoms with Crippen molar-refractivity contribution in [1.82, 2.24) is 4.31 Å². The van der Waals surface area contributed by atoms with Crippen LogP contribution in [-0.2, 0) is 27.8 Å². The Morgan fingerprint density at radius 1 is 1.09 bits per heavy atom. The van der Waals surface area contributed by atoms with E-state index in [4.69, 9.17) is 9.15 Å². The minimum absolute atomic E-state index is 0.0675. The Bertz CT molecular complexity index is 1360. The summed E-state index contributed by atoms with van der Waals surface area (Å²) in [7, 11) is -3.89. The van der Waals surface area contributed by atoms with Crippen molar-refractivity contribution in [1.29, 1.82) is 0 Å². The lowest BCUT2D eigenvalue weighted by atomic mass is 10.0. The van der Waals surface area contributed by atoms with E-state index in [1.54, 1.807) is 23.5 Å². The molecule has 0 unspecified atom stereocenters. The first kappa shape index (κ1) is 22.8. The highest BCUT2D eigenvalue weighted by atomic mass is 32.2. The number of Topliss-reactive ketones (excluding diaryl/α,β-unsaturated/α-hetero) is 1. The van der Waals surface area contributed by atoms with Crippen LogP contribution in [0.1, 0.15) is 29.7 Å². The predicted octanol–water partition coefficient (Wildman–Crippen LogP) is 5.43. The van der Waals surface area contributed by atoms with Crippen LogP contribution in [0.3, 0.4) is 0 Å². The van der Waals surface area contributed by atoms with Gasteiger partial charge in [-0.3, -0.25) is 4.79 Å². The predicted molar refractivity (Wildman–Crippen MR) is 132 cm³/mol. The van der Waals surface area contributed by atoms with Gasteiger partial charge in [-0.05, 0) is 54.5 Å². The summed E-state index contributed by atoms with van der Waals surface area (Å²) in [5.74, 6) is 0.690. The Hall–Kier alpha value is -2.94. The number of ether oxygens (including phenoxy) is 1. The maximum absolute atomic E-state index is 13.3. The third-order valence-electron chi connectivity index (χ3n) is 6.06. The Labute approximate surface area is 202 Å². The van der Waals surface area contributed by atoms with Gasteiger partial charge in [0.1, 0.15) is 17.9 Å². The molecule has 34 heavy (non-hydrogen) atoms. The first-order valence-electron chi connectivity index (χ1n) is 11.3. The number of carbonyl (C=O) groups is 1. The van der Waals surface area contributed by atoms with E-state index in [9.17, 15) is 13.2 Å². The maximum Gasteiger partial charge on any atom is 0.277 e. The topological polar surface area (TPSA) is 76.8 Å². The molecule has 0 bridgehead atoms. The number of benzene rings is 2. The lowest BCUT2D eigenvalue weighted by Gasteiger charge is -2.21. The normalized spacial score (nSPS) is 16.8. The largest absolute Gasteiger partial charge is 0.488 e. The van der Waals surface area contributed by atoms with Gasteiger partial charge in [0.2, 0.25) is 5.09 Å². The van der Waals surface area contributed by atoms with E-state index >= 15 is 0 Å². The van der Waals surface area contributed by atoms with Crippen molar-refractivity contribution in [2.24, 2.45) is 0 Å². The zero-order chi connectivity index (χ0) is 23.5. The molecule has 1 saturated heterocycles. The van der Waals surface area contributed by atoms with Crippen molar-refractivity contribution in [3.8, 4) is 5.75 Å². The van der Waals surface area contributed by atoms with Crippen molar-refractivity contribution < 1.29 is 22.4 Å². The molecule has 1 fully saturated rings. The summed E-state index contributed by atoms with van der Waals surface area (Å²) in [5.41, 5.74) is 1.51. The fraction of sp³-hybridized carbons (Fsp3) is 0.269.